The Labute approximate surface area is 147 Å². The Hall–Kier alpha value is -1.68. The zero-order chi connectivity index (χ0) is 17.9. The van der Waals surface area contributed by atoms with Gasteiger partial charge in [0.2, 0.25) is 0 Å². The van der Waals surface area contributed by atoms with E-state index < -0.39 is 13.9 Å². The zero-order valence-electron chi connectivity index (χ0n) is 13.1. The molecule has 0 aliphatic rings. The number of rotatable bonds is 8. The average Bonchev–Trinajstić information content (AvgIpc) is 3.22. The molecule has 0 aliphatic carbocycles. The van der Waals surface area contributed by atoms with E-state index in [1.54, 1.807) is 22.2 Å². The van der Waals surface area contributed by atoms with E-state index in [1.807, 2.05) is 16.8 Å². The summed E-state index contributed by atoms with van der Waals surface area (Å²) in [7, 11) is -4.24. The Kier molecular flexibility index (Phi) is 5.57. The molecule has 0 aliphatic heterocycles. The van der Waals surface area contributed by atoms with Gasteiger partial charge in [-0.25, -0.2) is 15.0 Å². The average molecular weight is 384 g/mol. The lowest BCUT2D eigenvalue weighted by atomic mass is 10.2. The lowest BCUT2D eigenvalue weighted by molar-refractivity contribution is 0.112. The largest absolute Gasteiger partial charge is 0.396 e. The molecule has 3 heterocycles. The quantitative estimate of drug-likeness (QED) is 0.500. The molecule has 3 aromatic heterocycles. The summed E-state index contributed by atoms with van der Waals surface area (Å²) in [6.07, 6.45) is 2.69. The van der Waals surface area contributed by atoms with Crippen molar-refractivity contribution in [3.05, 3.63) is 29.5 Å². The number of thiophene rings is 1. The van der Waals surface area contributed by atoms with E-state index in [-0.39, 0.29) is 19.3 Å². The number of hydrogen-bond acceptors (Lipinski definition) is 7. The van der Waals surface area contributed by atoms with Crippen molar-refractivity contribution in [3.63, 3.8) is 0 Å². The van der Waals surface area contributed by atoms with Crippen molar-refractivity contribution in [1.29, 1.82) is 0 Å². The predicted octanol–water partition coefficient (Wildman–Crippen LogP) is 1.63. The van der Waals surface area contributed by atoms with Crippen LogP contribution in [0.5, 0.6) is 0 Å². The van der Waals surface area contributed by atoms with Crippen molar-refractivity contribution in [2.75, 3.05) is 19.6 Å². The first-order valence-corrected chi connectivity index (χ1v) is 10.2. The molecule has 0 saturated carbocycles. The number of aromatic nitrogens is 4. The standard InChI is InChI=1S/C14H17N4O5PS/c19-3-1-11(5-23-9-24(20,21)22)18-8-17-13-12(10-2-4-25-6-10)15-7-16-14(13)18/h2,4,6-8,11,19H,1,3,5,9H2,(H2,20,21,22). The van der Waals surface area contributed by atoms with E-state index in [0.29, 0.717) is 23.3 Å². The van der Waals surface area contributed by atoms with Gasteiger partial charge in [0, 0.05) is 17.6 Å². The second-order valence-corrected chi connectivity index (χ2v) is 7.76. The fraction of sp³-hybridized carbons (Fsp3) is 0.357. The summed E-state index contributed by atoms with van der Waals surface area (Å²) >= 11 is 1.56. The molecule has 1 atom stereocenters. The van der Waals surface area contributed by atoms with Crippen molar-refractivity contribution >= 4 is 30.1 Å². The Morgan fingerprint density at radius 2 is 2.16 bits per heavy atom. The molecule has 0 bridgehead atoms. The smallest absolute Gasteiger partial charge is 0.350 e. The van der Waals surface area contributed by atoms with Crippen molar-refractivity contribution in [2.24, 2.45) is 0 Å². The van der Waals surface area contributed by atoms with Crippen LogP contribution in [0, 0.1) is 0 Å². The minimum Gasteiger partial charge on any atom is -0.396 e. The van der Waals surface area contributed by atoms with Crippen LogP contribution in [0.3, 0.4) is 0 Å². The Bertz CT molecular complexity index is 879. The lowest BCUT2D eigenvalue weighted by Gasteiger charge is -2.18. The number of aliphatic hydroxyl groups excluding tert-OH is 1. The van der Waals surface area contributed by atoms with Crippen molar-refractivity contribution in [1.82, 2.24) is 19.5 Å². The third-order valence-corrected chi connectivity index (χ3v) is 4.78. The SMILES string of the molecule is O=P(O)(O)COCC(CCO)n1cnc2c(-c3ccsc3)ncnc21. The molecule has 3 aromatic rings. The van der Waals surface area contributed by atoms with Gasteiger partial charge in [-0.3, -0.25) is 4.57 Å². The zero-order valence-corrected chi connectivity index (χ0v) is 14.8. The molecule has 1 unspecified atom stereocenters. The van der Waals surface area contributed by atoms with E-state index in [4.69, 9.17) is 14.5 Å². The first-order valence-electron chi connectivity index (χ1n) is 7.43. The fourth-order valence-electron chi connectivity index (χ4n) is 2.49. The van der Waals surface area contributed by atoms with Crippen LogP contribution < -0.4 is 0 Å². The van der Waals surface area contributed by atoms with E-state index in [2.05, 4.69) is 15.0 Å². The summed E-state index contributed by atoms with van der Waals surface area (Å²) in [5.41, 5.74) is 2.86. The summed E-state index contributed by atoms with van der Waals surface area (Å²) < 4.78 is 17.8. The Morgan fingerprint density at radius 3 is 2.84 bits per heavy atom. The maximum absolute atomic E-state index is 10.9. The van der Waals surface area contributed by atoms with E-state index in [0.717, 1.165) is 5.56 Å². The van der Waals surface area contributed by atoms with Gasteiger partial charge in [-0.05, 0) is 17.9 Å². The van der Waals surface area contributed by atoms with E-state index in [1.165, 1.54) is 6.33 Å². The summed E-state index contributed by atoms with van der Waals surface area (Å²) in [6, 6.07) is 1.59. The number of hydrogen-bond donors (Lipinski definition) is 3. The minimum atomic E-state index is -4.24. The molecule has 134 valence electrons. The molecule has 0 fully saturated rings. The van der Waals surface area contributed by atoms with E-state index >= 15 is 0 Å². The molecule has 11 heteroatoms. The van der Waals surface area contributed by atoms with Crippen molar-refractivity contribution in [2.45, 2.75) is 12.5 Å². The van der Waals surface area contributed by atoms with Gasteiger partial charge in [0.1, 0.15) is 23.9 Å². The van der Waals surface area contributed by atoms with Gasteiger partial charge in [-0.1, -0.05) is 0 Å². The summed E-state index contributed by atoms with van der Waals surface area (Å²) in [5, 5.41) is 13.2. The number of nitrogens with zero attached hydrogens (tertiary/aromatic N) is 4. The van der Waals surface area contributed by atoms with Gasteiger partial charge in [0.25, 0.3) is 0 Å². The molecule has 0 saturated heterocycles. The molecule has 0 aromatic carbocycles. The van der Waals surface area contributed by atoms with Gasteiger partial charge >= 0.3 is 7.60 Å². The highest BCUT2D eigenvalue weighted by Crippen LogP contribution is 2.34. The maximum atomic E-state index is 10.9. The number of ether oxygens (including phenoxy) is 1. The molecule has 0 amide bonds. The Morgan fingerprint density at radius 1 is 1.32 bits per heavy atom. The minimum absolute atomic E-state index is 0.0227. The second-order valence-electron chi connectivity index (χ2n) is 5.39. The predicted molar refractivity (Wildman–Crippen MR) is 92.2 cm³/mol. The molecular formula is C14H17N4O5PS. The first-order chi connectivity index (χ1) is 12.0. The molecule has 0 radical (unpaired) electrons. The van der Waals surface area contributed by atoms with Crippen LogP contribution in [0.2, 0.25) is 0 Å². The second kappa shape index (κ2) is 7.69. The van der Waals surface area contributed by atoms with Crippen LogP contribution in [0.4, 0.5) is 0 Å². The highest BCUT2D eigenvalue weighted by atomic mass is 32.1. The van der Waals surface area contributed by atoms with Gasteiger partial charge in [0.05, 0.1) is 19.0 Å². The molecular weight excluding hydrogens is 367 g/mol. The number of fused-ring (bicyclic) bond motifs is 1. The molecule has 3 N–H and O–H groups in total. The lowest BCUT2D eigenvalue weighted by Crippen LogP contribution is -2.17. The van der Waals surface area contributed by atoms with Crippen molar-refractivity contribution in [3.8, 4) is 11.3 Å². The monoisotopic (exact) mass is 384 g/mol. The molecule has 3 rings (SSSR count). The van der Waals surface area contributed by atoms with Crippen LogP contribution in [-0.2, 0) is 9.30 Å². The summed E-state index contributed by atoms with van der Waals surface area (Å²) in [6.45, 7) is -0.0823. The van der Waals surface area contributed by atoms with Crippen molar-refractivity contribution < 1.29 is 24.2 Å². The normalized spacial score (nSPS) is 13.4. The number of aliphatic hydroxyl groups is 1. The highest BCUT2D eigenvalue weighted by molar-refractivity contribution is 7.51. The molecule has 0 spiro atoms. The molecule has 9 nitrogen and oxygen atoms in total. The summed E-state index contributed by atoms with van der Waals surface area (Å²) in [5.74, 6) is 0. The molecule has 25 heavy (non-hydrogen) atoms. The van der Waals surface area contributed by atoms with Gasteiger partial charge < -0.3 is 24.2 Å². The third kappa shape index (κ3) is 4.30. The van der Waals surface area contributed by atoms with Crippen LogP contribution in [0.1, 0.15) is 12.5 Å². The van der Waals surface area contributed by atoms with Crippen LogP contribution in [-0.4, -0.2) is 54.0 Å². The van der Waals surface area contributed by atoms with Crippen LogP contribution in [0.15, 0.2) is 29.5 Å². The maximum Gasteiger partial charge on any atom is 0.350 e. The third-order valence-electron chi connectivity index (χ3n) is 3.58. The Balaban J connectivity index is 1.90. The van der Waals surface area contributed by atoms with Gasteiger partial charge in [0.15, 0.2) is 5.65 Å². The summed E-state index contributed by atoms with van der Waals surface area (Å²) in [4.78, 5) is 30.8. The topological polar surface area (TPSA) is 131 Å². The first kappa shape index (κ1) is 18.1. The highest BCUT2D eigenvalue weighted by Gasteiger charge is 2.20. The fourth-order valence-corrected chi connectivity index (χ4v) is 3.47. The van der Waals surface area contributed by atoms with E-state index in [9.17, 15) is 9.67 Å². The number of imidazole rings is 1. The van der Waals surface area contributed by atoms with Gasteiger partial charge in [-0.15, -0.1) is 0 Å². The van der Waals surface area contributed by atoms with Crippen LogP contribution in [0.25, 0.3) is 22.4 Å². The van der Waals surface area contributed by atoms with Gasteiger partial charge in [-0.2, -0.15) is 11.3 Å². The van der Waals surface area contributed by atoms with Crippen LogP contribution >= 0.6 is 18.9 Å².